The van der Waals surface area contributed by atoms with Crippen molar-refractivity contribution < 1.29 is 0 Å². The lowest BCUT2D eigenvalue weighted by Gasteiger charge is -2.39. The Bertz CT molecular complexity index is 375. The Kier molecular flexibility index (Phi) is 5.03. The lowest BCUT2D eigenvalue weighted by Crippen LogP contribution is -2.35. The van der Waals surface area contributed by atoms with Crippen LogP contribution in [-0.4, -0.2) is 16.3 Å². The van der Waals surface area contributed by atoms with E-state index in [1.165, 1.54) is 50.5 Å². The van der Waals surface area contributed by atoms with Gasteiger partial charge in [0.25, 0.3) is 0 Å². The molecule has 2 N–H and O–H groups in total. The van der Waals surface area contributed by atoms with Crippen LogP contribution in [0.3, 0.4) is 0 Å². The Morgan fingerprint density at radius 2 is 2.16 bits per heavy atom. The van der Waals surface area contributed by atoms with Crippen molar-refractivity contribution in [3.8, 4) is 0 Å². The van der Waals surface area contributed by atoms with Gasteiger partial charge in [-0.25, -0.2) is 0 Å². The first-order valence-electron chi connectivity index (χ1n) is 7.85. The smallest absolute Gasteiger partial charge is 0.0521 e. The molecule has 1 heterocycles. The quantitative estimate of drug-likeness (QED) is 0.856. The molecule has 0 radical (unpaired) electrons. The zero-order valence-corrected chi connectivity index (χ0v) is 12.6. The van der Waals surface area contributed by atoms with Gasteiger partial charge >= 0.3 is 0 Å². The third-order valence-corrected chi connectivity index (χ3v) is 5.00. The van der Waals surface area contributed by atoms with Crippen LogP contribution in [0.25, 0.3) is 0 Å². The van der Waals surface area contributed by atoms with E-state index in [4.69, 9.17) is 5.73 Å². The normalized spacial score (nSPS) is 27.6. The van der Waals surface area contributed by atoms with Gasteiger partial charge in [0.15, 0.2) is 0 Å². The third-order valence-electron chi connectivity index (χ3n) is 5.00. The number of hydrogen-bond donors (Lipinski definition) is 1. The Labute approximate surface area is 117 Å². The minimum Gasteiger partial charge on any atom is -0.330 e. The fourth-order valence-corrected chi connectivity index (χ4v) is 3.55. The number of nitrogens with two attached hydrogens (primary N) is 1. The minimum absolute atomic E-state index is 0.403. The third kappa shape index (κ3) is 3.82. The van der Waals surface area contributed by atoms with E-state index in [0.717, 1.165) is 18.9 Å². The maximum atomic E-state index is 6.11. The van der Waals surface area contributed by atoms with Gasteiger partial charge in [-0.3, -0.25) is 4.68 Å². The van der Waals surface area contributed by atoms with Crippen molar-refractivity contribution in [1.82, 2.24) is 9.78 Å². The van der Waals surface area contributed by atoms with Crippen molar-refractivity contribution in [3.05, 3.63) is 18.0 Å². The highest BCUT2D eigenvalue weighted by Gasteiger charge is 2.33. The molecule has 0 amide bonds. The van der Waals surface area contributed by atoms with E-state index < -0.39 is 0 Å². The molecular formula is C16H29N3. The molecule has 0 spiro atoms. The first kappa shape index (κ1) is 14.6. The fourth-order valence-electron chi connectivity index (χ4n) is 3.55. The van der Waals surface area contributed by atoms with E-state index in [0.29, 0.717) is 5.41 Å². The van der Waals surface area contributed by atoms with Crippen LogP contribution in [0, 0.1) is 11.3 Å². The SMILES string of the molecule is CCCC1CCC(CN)(CCc2cnn(C)c2)CC1. The topological polar surface area (TPSA) is 43.8 Å². The van der Waals surface area contributed by atoms with Gasteiger partial charge in [0.1, 0.15) is 0 Å². The summed E-state index contributed by atoms with van der Waals surface area (Å²) < 4.78 is 1.89. The number of nitrogens with zero attached hydrogens (tertiary/aromatic N) is 2. The molecular weight excluding hydrogens is 234 g/mol. The highest BCUT2D eigenvalue weighted by Crippen LogP contribution is 2.42. The van der Waals surface area contributed by atoms with Crippen LogP contribution in [-0.2, 0) is 13.5 Å². The Morgan fingerprint density at radius 1 is 1.42 bits per heavy atom. The highest BCUT2D eigenvalue weighted by atomic mass is 15.2. The maximum Gasteiger partial charge on any atom is 0.0521 e. The molecule has 3 heteroatoms. The molecule has 1 aliphatic rings. The molecule has 0 atom stereocenters. The zero-order chi connectivity index (χ0) is 13.7. The first-order chi connectivity index (χ1) is 9.17. The van der Waals surface area contributed by atoms with Gasteiger partial charge < -0.3 is 5.73 Å². The molecule has 0 unspecified atom stereocenters. The second-order valence-corrected chi connectivity index (χ2v) is 6.46. The largest absolute Gasteiger partial charge is 0.330 e. The fraction of sp³-hybridized carbons (Fsp3) is 0.812. The molecule has 0 bridgehead atoms. The molecule has 19 heavy (non-hydrogen) atoms. The van der Waals surface area contributed by atoms with Crippen molar-refractivity contribution >= 4 is 0 Å². The van der Waals surface area contributed by atoms with Crippen molar-refractivity contribution in [2.24, 2.45) is 24.1 Å². The highest BCUT2D eigenvalue weighted by molar-refractivity contribution is 5.05. The summed E-state index contributed by atoms with van der Waals surface area (Å²) in [5.74, 6) is 0.961. The van der Waals surface area contributed by atoms with Gasteiger partial charge in [-0.05, 0) is 62.0 Å². The van der Waals surface area contributed by atoms with Crippen molar-refractivity contribution in [1.29, 1.82) is 0 Å². The molecule has 1 fully saturated rings. The summed E-state index contributed by atoms with van der Waals surface area (Å²) in [5, 5.41) is 4.25. The summed E-state index contributed by atoms with van der Waals surface area (Å²) in [7, 11) is 1.98. The standard InChI is InChI=1S/C16H29N3/c1-3-4-14-5-8-16(13-17,9-6-14)10-7-15-11-18-19(2)12-15/h11-12,14H,3-10,13,17H2,1-2H3. The number of aryl methyl sites for hydroxylation is 2. The molecule has 108 valence electrons. The van der Waals surface area contributed by atoms with Gasteiger partial charge in [0.2, 0.25) is 0 Å². The molecule has 1 aromatic heterocycles. The number of rotatable bonds is 6. The lowest BCUT2D eigenvalue weighted by molar-refractivity contribution is 0.140. The summed E-state index contributed by atoms with van der Waals surface area (Å²) >= 11 is 0. The van der Waals surface area contributed by atoms with E-state index in [1.807, 2.05) is 17.9 Å². The van der Waals surface area contributed by atoms with Crippen molar-refractivity contribution in [2.75, 3.05) is 6.54 Å². The monoisotopic (exact) mass is 263 g/mol. The van der Waals surface area contributed by atoms with Gasteiger partial charge in [-0.15, -0.1) is 0 Å². The number of hydrogen-bond acceptors (Lipinski definition) is 2. The molecule has 0 aliphatic heterocycles. The van der Waals surface area contributed by atoms with Crippen LogP contribution in [0.4, 0.5) is 0 Å². The molecule has 1 saturated carbocycles. The summed E-state index contributed by atoms with van der Waals surface area (Å²) in [4.78, 5) is 0. The van der Waals surface area contributed by atoms with Crippen LogP contribution < -0.4 is 5.73 Å². The summed E-state index contributed by atoms with van der Waals surface area (Å²) in [6.07, 6.45) is 14.6. The lowest BCUT2D eigenvalue weighted by atomic mass is 9.67. The molecule has 0 aromatic carbocycles. The molecule has 1 aromatic rings. The van der Waals surface area contributed by atoms with Crippen LogP contribution in [0.1, 0.15) is 57.4 Å². The average Bonchev–Trinajstić information content (AvgIpc) is 2.85. The van der Waals surface area contributed by atoms with Gasteiger partial charge in [-0.1, -0.05) is 19.8 Å². The van der Waals surface area contributed by atoms with E-state index >= 15 is 0 Å². The maximum absolute atomic E-state index is 6.11. The Balaban J connectivity index is 1.86. The summed E-state index contributed by atoms with van der Waals surface area (Å²) in [6, 6.07) is 0. The predicted octanol–water partition coefficient (Wildman–Crippen LogP) is 3.29. The Morgan fingerprint density at radius 3 is 2.68 bits per heavy atom. The van der Waals surface area contributed by atoms with Crippen LogP contribution in [0.5, 0.6) is 0 Å². The van der Waals surface area contributed by atoms with Gasteiger partial charge in [0.05, 0.1) is 6.20 Å². The Hall–Kier alpha value is -0.830. The van der Waals surface area contributed by atoms with Crippen LogP contribution >= 0.6 is 0 Å². The van der Waals surface area contributed by atoms with Crippen molar-refractivity contribution in [2.45, 2.75) is 58.3 Å². The van der Waals surface area contributed by atoms with Gasteiger partial charge in [-0.2, -0.15) is 5.10 Å². The average molecular weight is 263 g/mol. The van der Waals surface area contributed by atoms with E-state index in [9.17, 15) is 0 Å². The van der Waals surface area contributed by atoms with E-state index in [2.05, 4.69) is 18.2 Å². The second kappa shape index (κ2) is 6.56. The van der Waals surface area contributed by atoms with Gasteiger partial charge in [0, 0.05) is 13.2 Å². The number of aromatic nitrogens is 2. The first-order valence-corrected chi connectivity index (χ1v) is 7.85. The van der Waals surface area contributed by atoms with E-state index in [1.54, 1.807) is 0 Å². The molecule has 1 aliphatic carbocycles. The second-order valence-electron chi connectivity index (χ2n) is 6.46. The van der Waals surface area contributed by atoms with E-state index in [-0.39, 0.29) is 0 Å². The molecule has 2 rings (SSSR count). The summed E-state index contributed by atoms with van der Waals surface area (Å²) in [5.41, 5.74) is 7.86. The van der Waals surface area contributed by atoms with Crippen molar-refractivity contribution in [3.63, 3.8) is 0 Å². The van der Waals surface area contributed by atoms with Crippen LogP contribution in [0.15, 0.2) is 12.4 Å². The molecule has 0 saturated heterocycles. The van der Waals surface area contributed by atoms with Crippen LogP contribution in [0.2, 0.25) is 0 Å². The minimum atomic E-state index is 0.403. The predicted molar refractivity (Wildman–Crippen MR) is 79.9 cm³/mol. The zero-order valence-electron chi connectivity index (χ0n) is 12.6. The molecule has 3 nitrogen and oxygen atoms in total. The summed E-state index contributed by atoms with van der Waals surface area (Å²) in [6.45, 7) is 3.15.